The van der Waals surface area contributed by atoms with Crippen molar-refractivity contribution in [1.29, 1.82) is 0 Å². The molecular formula is C19H20F3N5S. The Morgan fingerprint density at radius 3 is 2.54 bits per heavy atom. The van der Waals surface area contributed by atoms with Crippen molar-refractivity contribution in [3.05, 3.63) is 65.0 Å². The molecule has 1 heterocycles. The Morgan fingerprint density at radius 1 is 1.11 bits per heavy atom. The number of rotatable bonds is 5. The third kappa shape index (κ3) is 5.20. The molecule has 1 fully saturated rings. The maximum absolute atomic E-state index is 14.5. The van der Waals surface area contributed by atoms with Gasteiger partial charge in [0.2, 0.25) is 0 Å². The van der Waals surface area contributed by atoms with Gasteiger partial charge in [-0.2, -0.15) is 5.10 Å². The predicted octanol–water partition coefficient (Wildman–Crippen LogP) is 2.59. The minimum atomic E-state index is -0.591. The zero-order valence-corrected chi connectivity index (χ0v) is 15.9. The molecule has 0 spiro atoms. The molecule has 3 N–H and O–H groups in total. The van der Waals surface area contributed by atoms with Crippen LogP contribution in [0.5, 0.6) is 0 Å². The van der Waals surface area contributed by atoms with Crippen molar-refractivity contribution in [3.8, 4) is 0 Å². The summed E-state index contributed by atoms with van der Waals surface area (Å²) in [5.41, 5.74) is 8.61. The molecule has 0 aromatic heterocycles. The highest BCUT2D eigenvalue weighted by atomic mass is 32.1. The fourth-order valence-corrected chi connectivity index (χ4v) is 3.15. The fraction of sp³-hybridized carbons (Fsp3) is 0.263. The van der Waals surface area contributed by atoms with Crippen LogP contribution in [0.15, 0.2) is 41.5 Å². The molecule has 2 aromatic rings. The van der Waals surface area contributed by atoms with E-state index in [1.165, 1.54) is 18.2 Å². The first-order chi connectivity index (χ1) is 13.4. The van der Waals surface area contributed by atoms with E-state index in [1.54, 1.807) is 11.0 Å². The molecule has 0 unspecified atom stereocenters. The Bertz CT molecular complexity index is 882. The molecular weight excluding hydrogens is 387 g/mol. The Labute approximate surface area is 166 Å². The van der Waals surface area contributed by atoms with Crippen LogP contribution in [0.4, 0.5) is 18.9 Å². The first-order valence-electron chi connectivity index (χ1n) is 8.71. The summed E-state index contributed by atoms with van der Waals surface area (Å²) in [6.45, 7) is 3.04. The highest BCUT2D eigenvalue weighted by Gasteiger charge is 2.21. The van der Waals surface area contributed by atoms with E-state index in [0.29, 0.717) is 32.7 Å². The van der Waals surface area contributed by atoms with Gasteiger partial charge in [-0.05, 0) is 36.0 Å². The van der Waals surface area contributed by atoms with E-state index in [0.717, 1.165) is 17.8 Å². The Kier molecular flexibility index (Phi) is 6.48. The lowest BCUT2D eigenvalue weighted by atomic mass is 10.1. The van der Waals surface area contributed by atoms with Gasteiger partial charge in [-0.1, -0.05) is 12.1 Å². The Morgan fingerprint density at radius 2 is 1.86 bits per heavy atom. The highest BCUT2D eigenvalue weighted by Crippen LogP contribution is 2.24. The van der Waals surface area contributed by atoms with Crippen molar-refractivity contribution < 1.29 is 13.2 Å². The summed E-state index contributed by atoms with van der Waals surface area (Å²) in [4.78, 5) is 3.95. The average molecular weight is 407 g/mol. The monoisotopic (exact) mass is 407 g/mol. The van der Waals surface area contributed by atoms with Crippen molar-refractivity contribution in [3.63, 3.8) is 0 Å². The fourth-order valence-electron chi connectivity index (χ4n) is 3.10. The molecule has 0 aliphatic carbocycles. The van der Waals surface area contributed by atoms with Gasteiger partial charge < -0.3 is 10.6 Å². The standard InChI is InChI=1S/C19H20F3N5S/c20-15-3-1-2-13(8-15)12-26-4-6-27(7-5-26)18-10-16(21)14(9-17(18)22)11-24-25-19(23)28/h1-3,8-11H,4-7,12H2,(H3,23,25,28). The molecule has 0 radical (unpaired) electrons. The molecule has 3 rings (SSSR count). The number of nitrogens with one attached hydrogen (secondary N) is 1. The minimum Gasteiger partial charge on any atom is -0.375 e. The van der Waals surface area contributed by atoms with Gasteiger partial charge in [0.15, 0.2) is 5.11 Å². The van der Waals surface area contributed by atoms with E-state index >= 15 is 0 Å². The van der Waals surface area contributed by atoms with E-state index in [2.05, 4.69) is 27.6 Å². The Balaban J connectivity index is 1.63. The second-order valence-electron chi connectivity index (χ2n) is 6.45. The van der Waals surface area contributed by atoms with Crippen molar-refractivity contribution in [2.75, 3.05) is 31.1 Å². The molecule has 0 amide bonds. The normalized spacial score (nSPS) is 15.2. The van der Waals surface area contributed by atoms with Gasteiger partial charge in [-0.3, -0.25) is 10.3 Å². The second-order valence-corrected chi connectivity index (χ2v) is 6.89. The Hall–Kier alpha value is -2.65. The lowest BCUT2D eigenvalue weighted by molar-refractivity contribution is 0.249. The van der Waals surface area contributed by atoms with E-state index < -0.39 is 11.6 Å². The second kappa shape index (κ2) is 9.03. The zero-order valence-electron chi connectivity index (χ0n) is 15.0. The van der Waals surface area contributed by atoms with Gasteiger partial charge in [-0.25, -0.2) is 13.2 Å². The van der Waals surface area contributed by atoms with Gasteiger partial charge >= 0.3 is 0 Å². The summed E-state index contributed by atoms with van der Waals surface area (Å²) < 4.78 is 42.1. The molecule has 1 aliphatic rings. The van der Waals surface area contributed by atoms with Crippen LogP contribution in [0.1, 0.15) is 11.1 Å². The molecule has 148 valence electrons. The SMILES string of the molecule is NC(=S)NN=Cc1cc(F)c(N2CCN(Cc3cccc(F)c3)CC2)cc1F. The topological polar surface area (TPSA) is 56.9 Å². The summed E-state index contributed by atoms with van der Waals surface area (Å²) >= 11 is 4.59. The number of hydrogen-bond acceptors (Lipinski definition) is 4. The quantitative estimate of drug-likeness (QED) is 0.453. The summed E-state index contributed by atoms with van der Waals surface area (Å²) in [6, 6.07) is 8.73. The minimum absolute atomic E-state index is 0.00487. The summed E-state index contributed by atoms with van der Waals surface area (Å²) in [6.07, 6.45) is 1.12. The van der Waals surface area contributed by atoms with Crippen molar-refractivity contribution in [2.45, 2.75) is 6.54 Å². The predicted molar refractivity (Wildman–Crippen MR) is 108 cm³/mol. The van der Waals surface area contributed by atoms with Gasteiger partial charge in [0.05, 0.1) is 11.9 Å². The van der Waals surface area contributed by atoms with Crippen molar-refractivity contribution >= 4 is 29.2 Å². The number of thiocarbonyl (C=S) groups is 1. The first kappa shape index (κ1) is 20.1. The largest absolute Gasteiger partial charge is 0.375 e. The van der Waals surface area contributed by atoms with Crippen molar-refractivity contribution in [1.82, 2.24) is 10.3 Å². The molecule has 5 nitrogen and oxygen atoms in total. The number of nitrogens with zero attached hydrogens (tertiary/aromatic N) is 3. The van der Waals surface area contributed by atoms with Gasteiger partial charge in [0.1, 0.15) is 17.5 Å². The van der Waals surface area contributed by atoms with Crippen LogP contribution in [0.2, 0.25) is 0 Å². The molecule has 0 atom stereocenters. The average Bonchev–Trinajstić information content (AvgIpc) is 2.65. The molecule has 1 saturated heterocycles. The van der Waals surface area contributed by atoms with Crippen LogP contribution in [0, 0.1) is 17.5 Å². The molecule has 1 aliphatic heterocycles. The first-order valence-corrected chi connectivity index (χ1v) is 9.12. The molecule has 0 bridgehead atoms. The van der Waals surface area contributed by atoms with Gasteiger partial charge in [0.25, 0.3) is 0 Å². The van der Waals surface area contributed by atoms with E-state index in [-0.39, 0.29) is 22.2 Å². The number of hydrazone groups is 1. The molecule has 0 saturated carbocycles. The smallest absolute Gasteiger partial charge is 0.184 e. The molecule has 9 heteroatoms. The number of halogens is 3. The van der Waals surface area contributed by atoms with Gasteiger partial charge in [-0.15, -0.1) is 0 Å². The van der Waals surface area contributed by atoms with Crippen LogP contribution in [0.3, 0.4) is 0 Å². The summed E-state index contributed by atoms with van der Waals surface area (Å²) in [5.74, 6) is -1.38. The van der Waals surface area contributed by atoms with Gasteiger partial charge in [0, 0.05) is 44.4 Å². The van der Waals surface area contributed by atoms with Crippen LogP contribution >= 0.6 is 12.2 Å². The van der Waals surface area contributed by atoms with Crippen LogP contribution in [-0.2, 0) is 6.54 Å². The van der Waals surface area contributed by atoms with E-state index in [9.17, 15) is 13.2 Å². The highest BCUT2D eigenvalue weighted by molar-refractivity contribution is 7.80. The lowest BCUT2D eigenvalue weighted by Gasteiger charge is -2.36. The molecule has 2 aromatic carbocycles. The van der Waals surface area contributed by atoms with E-state index in [1.807, 2.05) is 6.07 Å². The third-order valence-electron chi connectivity index (χ3n) is 4.45. The molecule has 28 heavy (non-hydrogen) atoms. The van der Waals surface area contributed by atoms with Crippen molar-refractivity contribution in [2.24, 2.45) is 10.8 Å². The summed E-state index contributed by atoms with van der Waals surface area (Å²) in [7, 11) is 0. The third-order valence-corrected chi connectivity index (χ3v) is 4.54. The van der Waals surface area contributed by atoms with E-state index in [4.69, 9.17) is 5.73 Å². The maximum Gasteiger partial charge on any atom is 0.184 e. The van der Waals surface area contributed by atoms with Crippen LogP contribution in [0.25, 0.3) is 0 Å². The van der Waals surface area contributed by atoms with Crippen LogP contribution < -0.4 is 16.1 Å². The number of piperazine rings is 1. The number of hydrogen-bond donors (Lipinski definition) is 2. The number of nitrogens with two attached hydrogens (primary N) is 1. The lowest BCUT2D eigenvalue weighted by Crippen LogP contribution is -2.46. The zero-order chi connectivity index (χ0) is 20.1. The summed E-state index contributed by atoms with van der Waals surface area (Å²) in [5, 5.41) is 3.58. The maximum atomic E-state index is 14.5. The number of benzene rings is 2. The van der Waals surface area contributed by atoms with Crippen LogP contribution in [-0.4, -0.2) is 42.4 Å². The number of anilines is 1.